The summed E-state index contributed by atoms with van der Waals surface area (Å²) in [5.74, 6) is 0. The molecular weight excluding hydrogens is 244 g/mol. The Balaban J connectivity index is 1.67. The standard InChI is InChI=1S/C18H22N2/c19-16-7-4-8-18(13-16)20-17-11-9-15(10-12-17)14-5-2-1-3-6-14/h1-3,5-6,9-12,16,18,20H,4,7-8,13,19H2. The van der Waals surface area contributed by atoms with Gasteiger partial charge in [0.2, 0.25) is 0 Å². The number of hydrogen-bond donors (Lipinski definition) is 2. The van der Waals surface area contributed by atoms with E-state index in [2.05, 4.69) is 53.8 Å². The van der Waals surface area contributed by atoms with Crippen LogP contribution in [0.5, 0.6) is 0 Å². The van der Waals surface area contributed by atoms with Crippen LogP contribution >= 0.6 is 0 Å². The summed E-state index contributed by atoms with van der Waals surface area (Å²) in [4.78, 5) is 0. The van der Waals surface area contributed by atoms with Gasteiger partial charge in [0.15, 0.2) is 0 Å². The lowest BCUT2D eigenvalue weighted by Crippen LogP contribution is -2.34. The van der Waals surface area contributed by atoms with Gasteiger partial charge in [-0.25, -0.2) is 0 Å². The average molecular weight is 266 g/mol. The molecular formula is C18H22N2. The third kappa shape index (κ3) is 3.20. The second kappa shape index (κ2) is 6.10. The van der Waals surface area contributed by atoms with E-state index >= 15 is 0 Å². The van der Waals surface area contributed by atoms with Gasteiger partial charge in [0, 0.05) is 17.8 Å². The number of anilines is 1. The lowest BCUT2D eigenvalue weighted by atomic mass is 9.91. The van der Waals surface area contributed by atoms with Crippen LogP contribution in [0.25, 0.3) is 11.1 Å². The Bertz CT molecular complexity index is 533. The summed E-state index contributed by atoms with van der Waals surface area (Å²) in [5.41, 5.74) is 9.76. The molecule has 104 valence electrons. The van der Waals surface area contributed by atoms with Crippen molar-refractivity contribution >= 4 is 5.69 Å². The number of nitrogens with one attached hydrogen (secondary N) is 1. The van der Waals surface area contributed by atoms with Crippen molar-refractivity contribution in [1.29, 1.82) is 0 Å². The van der Waals surface area contributed by atoms with E-state index in [1.54, 1.807) is 0 Å². The van der Waals surface area contributed by atoms with Gasteiger partial charge in [-0.15, -0.1) is 0 Å². The van der Waals surface area contributed by atoms with Crippen LogP contribution in [0.4, 0.5) is 5.69 Å². The quantitative estimate of drug-likeness (QED) is 0.880. The molecule has 3 rings (SSSR count). The summed E-state index contributed by atoms with van der Waals surface area (Å²) in [5, 5.41) is 3.61. The molecule has 20 heavy (non-hydrogen) atoms. The van der Waals surface area contributed by atoms with Gasteiger partial charge >= 0.3 is 0 Å². The second-order valence-corrected chi connectivity index (χ2v) is 5.71. The molecule has 0 aliphatic heterocycles. The predicted octanol–water partition coefficient (Wildman–Crippen LogP) is 4.04. The first-order valence-electron chi connectivity index (χ1n) is 7.49. The number of rotatable bonds is 3. The Morgan fingerprint density at radius 3 is 2.25 bits per heavy atom. The fourth-order valence-corrected chi connectivity index (χ4v) is 2.98. The average Bonchev–Trinajstić information content (AvgIpc) is 2.49. The highest BCUT2D eigenvalue weighted by molar-refractivity contribution is 5.65. The molecule has 0 bridgehead atoms. The predicted molar refractivity (Wildman–Crippen MR) is 85.7 cm³/mol. The summed E-state index contributed by atoms with van der Waals surface area (Å²) in [6, 6.07) is 20.1. The first-order valence-corrected chi connectivity index (χ1v) is 7.49. The Morgan fingerprint density at radius 1 is 0.850 bits per heavy atom. The van der Waals surface area contributed by atoms with Gasteiger partial charge in [0.1, 0.15) is 0 Å². The van der Waals surface area contributed by atoms with Crippen molar-refractivity contribution in [3.8, 4) is 11.1 Å². The van der Waals surface area contributed by atoms with Crippen molar-refractivity contribution < 1.29 is 0 Å². The highest BCUT2D eigenvalue weighted by atomic mass is 14.9. The van der Waals surface area contributed by atoms with E-state index in [9.17, 15) is 0 Å². The fraction of sp³-hybridized carbons (Fsp3) is 0.333. The molecule has 0 aromatic heterocycles. The van der Waals surface area contributed by atoms with E-state index in [1.165, 1.54) is 36.1 Å². The molecule has 0 saturated heterocycles. The van der Waals surface area contributed by atoms with Crippen molar-refractivity contribution in [2.45, 2.75) is 37.8 Å². The van der Waals surface area contributed by atoms with Crippen LogP contribution in [0.1, 0.15) is 25.7 Å². The Morgan fingerprint density at radius 2 is 1.55 bits per heavy atom. The van der Waals surface area contributed by atoms with Crippen molar-refractivity contribution in [2.75, 3.05) is 5.32 Å². The minimum atomic E-state index is 0.366. The van der Waals surface area contributed by atoms with Crippen molar-refractivity contribution in [3.63, 3.8) is 0 Å². The van der Waals surface area contributed by atoms with E-state index in [1.807, 2.05) is 6.07 Å². The summed E-state index contributed by atoms with van der Waals surface area (Å²) >= 11 is 0. The first-order chi connectivity index (χ1) is 9.81. The lowest BCUT2D eigenvalue weighted by Gasteiger charge is -2.28. The number of hydrogen-bond acceptors (Lipinski definition) is 2. The van der Waals surface area contributed by atoms with Crippen LogP contribution in [0.2, 0.25) is 0 Å². The Kier molecular flexibility index (Phi) is 4.03. The van der Waals surface area contributed by atoms with Crippen LogP contribution < -0.4 is 11.1 Å². The maximum Gasteiger partial charge on any atom is 0.0342 e. The first kappa shape index (κ1) is 13.2. The molecule has 1 saturated carbocycles. The van der Waals surface area contributed by atoms with Gasteiger partial charge in [-0.1, -0.05) is 42.5 Å². The van der Waals surface area contributed by atoms with Crippen molar-refractivity contribution in [1.82, 2.24) is 0 Å². The van der Waals surface area contributed by atoms with Crippen LogP contribution in [0.3, 0.4) is 0 Å². The largest absolute Gasteiger partial charge is 0.382 e. The minimum Gasteiger partial charge on any atom is -0.382 e. The zero-order valence-electron chi connectivity index (χ0n) is 11.8. The van der Waals surface area contributed by atoms with E-state index in [0.29, 0.717) is 12.1 Å². The topological polar surface area (TPSA) is 38.0 Å². The number of benzene rings is 2. The molecule has 1 fully saturated rings. The Hall–Kier alpha value is -1.80. The molecule has 2 aromatic rings. The molecule has 2 unspecified atom stereocenters. The van der Waals surface area contributed by atoms with Gasteiger partial charge in [-0.2, -0.15) is 0 Å². The van der Waals surface area contributed by atoms with Gasteiger partial charge in [-0.3, -0.25) is 0 Å². The monoisotopic (exact) mass is 266 g/mol. The Labute approximate surface area is 121 Å². The molecule has 2 nitrogen and oxygen atoms in total. The zero-order chi connectivity index (χ0) is 13.8. The lowest BCUT2D eigenvalue weighted by molar-refractivity contribution is 0.409. The highest BCUT2D eigenvalue weighted by Gasteiger charge is 2.18. The van der Waals surface area contributed by atoms with Crippen LogP contribution in [-0.4, -0.2) is 12.1 Å². The number of nitrogens with two attached hydrogens (primary N) is 1. The van der Waals surface area contributed by atoms with Crippen molar-refractivity contribution in [3.05, 3.63) is 54.6 Å². The van der Waals surface area contributed by atoms with Crippen LogP contribution in [0, 0.1) is 0 Å². The SMILES string of the molecule is NC1CCCC(Nc2ccc(-c3ccccc3)cc2)C1. The smallest absolute Gasteiger partial charge is 0.0342 e. The summed E-state index contributed by atoms with van der Waals surface area (Å²) in [6.07, 6.45) is 4.72. The maximum absolute atomic E-state index is 6.04. The molecule has 2 heteroatoms. The van der Waals surface area contributed by atoms with Gasteiger partial charge in [0.25, 0.3) is 0 Å². The molecule has 2 aromatic carbocycles. The van der Waals surface area contributed by atoms with Crippen molar-refractivity contribution in [2.24, 2.45) is 5.73 Å². The second-order valence-electron chi connectivity index (χ2n) is 5.71. The molecule has 1 aliphatic carbocycles. The minimum absolute atomic E-state index is 0.366. The summed E-state index contributed by atoms with van der Waals surface area (Å²) < 4.78 is 0. The summed E-state index contributed by atoms with van der Waals surface area (Å²) in [6.45, 7) is 0. The van der Waals surface area contributed by atoms with E-state index < -0.39 is 0 Å². The van der Waals surface area contributed by atoms with E-state index in [-0.39, 0.29) is 0 Å². The van der Waals surface area contributed by atoms with Crippen LogP contribution in [0.15, 0.2) is 54.6 Å². The molecule has 0 amide bonds. The normalized spacial score (nSPS) is 22.4. The third-order valence-electron chi connectivity index (χ3n) is 4.08. The van der Waals surface area contributed by atoms with Crippen LogP contribution in [-0.2, 0) is 0 Å². The molecule has 1 aliphatic rings. The fourth-order valence-electron chi connectivity index (χ4n) is 2.98. The molecule has 2 atom stereocenters. The highest BCUT2D eigenvalue weighted by Crippen LogP contribution is 2.24. The maximum atomic E-state index is 6.04. The third-order valence-corrected chi connectivity index (χ3v) is 4.08. The molecule has 0 radical (unpaired) electrons. The van der Waals surface area contributed by atoms with Gasteiger partial charge in [0.05, 0.1) is 0 Å². The van der Waals surface area contributed by atoms with Gasteiger partial charge < -0.3 is 11.1 Å². The van der Waals surface area contributed by atoms with Gasteiger partial charge in [-0.05, 0) is 48.9 Å². The van der Waals surface area contributed by atoms with E-state index in [0.717, 1.165) is 6.42 Å². The molecule has 0 heterocycles. The molecule has 0 spiro atoms. The zero-order valence-corrected chi connectivity index (χ0v) is 11.8. The molecule has 3 N–H and O–H groups in total. The van der Waals surface area contributed by atoms with E-state index in [4.69, 9.17) is 5.73 Å². The summed E-state index contributed by atoms with van der Waals surface area (Å²) in [7, 11) is 0.